The third kappa shape index (κ3) is 4.15. The molecule has 0 bridgehead atoms. The SMILES string of the molecule is CC(C)c1cnc(N2CC[C@H]2C)c2cnc(Nc3cnnc(N4CC[C@H](O)[C@H](F)C4)n3)cc12. The van der Waals surface area contributed by atoms with Gasteiger partial charge in [0.2, 0.25) is 5.95 Å². The molecule has 2 saturated heterocycles. The van der Waals surface area contributed by atoms with E-state index in [9.17, 15) is 9.50 Å². The fraction of sp³-hybridized carbons (Fsp3) is 0.522. The van der Waals surface area contributed by atoms with Crippen molar-refractivity contribution < 1.29 is 9.50 Å². The third-order valence-electron chi connectivity index (χ3n) is 6.59. The second kappa shape index (κ2) is 8.66. The summed E-state index contributed by atoms with van der Waals surface area (Å²) in [5.41, 5.74) is 1.16. The number of nitrogens with one attached hydrogen (secondary N) is 1. The summed E-state index contributed by atoms with van der Waals surface area (Å²) >= 11 is 0. The lowest BCUT2D eigenvalue weighted by atomic mass is 9.97. The van der Waals surface area contributed by atoms with Crippen LogP contribution in [0.1, 0.15) is 45.1 Å². The molecule has 0 spiro atoms. The van der Waals surface area contributed by atoms with Crippen molar-refractivity contribution in [2.24, 2.45) is 0 Å². The van der Waals surface area contributed by atoms with Gasteiger partial charge in [-0.2, -0.15) is 10.1 Å². The van der Waals surface area contributed by atoms with Crippen molar-refractivity contribution in [3.05, 3.63) is 30.2 Å². The first-order chi connectivity index (χ1) is 15.9. The topological polar surface area (TPSA) is 103 Å². The molecule has 9 nitrogen and oxygen atoms in total. The number of halogens is 1. The van der Waals surface area contributed by atoms with E-state index < -0.39 is 12.3 Å². The quantitative estimate of drug-likeness (QED) is 0.604. The van der Waals surface area contributed by atoms with Gasteiger partial charge < -0.3 is 20.2 Å². The van der Waals surface area contributed by atoms with Crippen LogP contribution in [-0.2, 0) is 0 Å². The van der Waals surface area contributed by atoms with Crippen molar-refractivity contribution in [2.45, 2.75) is 57.8 Å². The number of hydrogen-bond donors (Lipinski definition) is 2. The molecule has 0 aromatic carbocycles. The average Bonchev–Trinajstić information content (AvgIpc) is 2.80. The molecule has 3 aromatic heterocycles. The molecular weight excluding hydrogens is 423 g/mol. The Morgan fingerprint density at radius 3 is 2.64 bits per heavy atom. The van der Waals surface area contributed by atoms with E-state index in [2.05, 4.69) is 51.2 Å². The number of fused-ring (bicyclic) bond motifs is 1. The number of aromatic nitrogens is 5. The summed E-state index contributed by atoms with van der Waals surface area (Å²) < 4.78 is 14.0. The molecule has 0 radical (unpaired) electrons. The maximum absolute atomic E-state index is 14.0. The van der Waals surface area contributed by atoms with Gasteiger partial charge in [-0.1, -0.05) is 13.8 Å². The van der Waals surface area contributed by atoms with E-state index in [-0.39, 0.29) is 6.54 Å². The summed E-state index contributed by atoms with van der Waals surface area (Å²) in [6, 6.07) is 2.51. The zero-order valence-electron chi connectivity index (χ0n) is 19.1. The van der Waals surface area contributed by atoms with Crippen LogP contribution in [0.2, 0.25) is 0 Å². The number of nitrogens with zero attached hydrogens (tertiary/aromatic N) is 7. The van der Waals surface area contributed by atoms with Crippen LogP contribution in [0.25, 0.3) is 10.8 Å². The predicted molar refractivity (Wildman–Crippen MR) is 126 cm³/mol. The Kier molecular flexibility index (Phi) is 5.69. The molecule has 0 unspecified atom stereocenters. The van der Waals surface area contributed by atoms with E-state index in [0.717, 1.165) is 28.7 Å². The van der Waals surface area contributed by atoms with Crippen LogP contribution in [0.15, 0.2) is 24.7 Å². The van der Waals surface area contributed by atoms with Gasteiger partial charge >= 0.3 is 0 Å². The van der Waals surface area contributed by atoms with Crippen molar-refractivity contribution in [3.8, 4) is 0 Å². The van der Waals surface area contributed by atoms with Crippen LogP contribution >= 0.6 is 0 Å². The summed E-state index contributed by atoms with van der Waals surface area (Å²) in [7, 11) is 0. The molecule has 0 saturated carbocycles. The Morgan fingerprint density at radius 1 is 1.09 bits per heavy atom. The van der Waals surface area contributed by atoms with Gasteiger partial charge in [0.05, 0.1) is 18.8 Å². The van der Waals surface area contributed by atoms with Gasteiger partial charge in [-0.05, 0) is 42.7 Å². The summed E-state index contributed by atoms with van der Waals surface area (Å²) in [4.78, 5) is 17.9. The number of aliphatic hydroxyl groups excluding tert-OH is 1. The minimum atomic E-state index is -1.33. The Bertz CT molecular complexity index is 1160. The van der Waals surface area contributed by atoms with Gasteiger partial charge in [-0.15, -0.1) is 5.10 Å². The second-order valence-corrected chi connectivity index (χ2v) is 9.22. The maximum Gasteiger partial charge on any atom is 0.247 e. The standard InChI is InChI=1S/C23H29FN8O/c1-13(2)16-9-26-22(32-7-4-14(32)3)17-10-25-20(8-15(16)17)28-21-11-27-30-23(29-21)31-6-5-19(33)18(24)12-31/h8-11,13-14,18-19,33H,4-7,12H2,1-3H3,(H,25,28,29,30)/t14-,18-,19+/m1/s1. The van der Waals surface area contributed by atoms with Crippen molar-refractivity contribution in [1.29, 1.82) is 0 Å². The Hall–Kier alpha value is -3.14. The first kappa shape index (κ1) is 21.7. The van der Waals surface area contributed by atoms with Crippen molar-refractivity contribution in [3.63, 3.8) is 0 Å². The number of alkyl halides is 1. The minimum Gasteiger partial charge on any atom is -0.390 e. The summed E-state index contributed by atoms with van der Waals surface area (Å²) in [5, 5.41) is 23.1. The first-order valence-corrected chi connectivity index (χ1v) is 11.5. The van der Waals surface area contributed by atoms with Gasteiger partial charge in [0.1, 0.15) is 17.8 Å². The van der Waals surface area contributed by atoms with E-state index in [1.54, 1.807) is 4.90 Å². The largest absolute Gasteiger partial charge is 0.390 e. The molecule has 10 heteroatoms. The van der Waals surface area contributed by atoms with Gasteiger partial charge in [0.15, 0.2) is 5.82 Å². The molecule has 2 N–H and O–H groups in total. The van der Waals surface area contributed by atoms with E-state index in [0.29, 0.717) is 42.5 Å². The van der Waals surface area contributed by atoms with Crippen LogP contribution in [0.3, 0.4) is 0 Å². The first-order valence-electron chi connectivity index (χ1n) is 11.5. The van der Waals surface area contributed by atoms with E-state index in [4.69, 9.17) is 4.98 Å². The molecular formula is C23H29FN8O. The van der Waals surface area contributed by atoms with Crippen molar-refractivity contribution in [1.82, 2.24) is 25.1 Å². The van der Waals surface area contributed by atoms with Gasteiger partial charge in [-0.25, -0.2) is 14.4 Å². The van der Waals surface area contributed by atoms with Gasteiger partial charge in [-0.3, -0.25) is 0 Å². The van der Waals surface area contributed by atoms with Crippen LogP contribution in [0.5, 0.6) is 0 Å². The van der Waals surface area contributed by atoms with E-state index in [1.165, 1.54) is 12.6 Å². The number of pyridine rings is 2. The zero-order chi connectivity index (χ0) is 23.1. The fourth-order valence-corrected chi connectivity index (χ4v) is 4.42. The molecule has 0 aliphatic carbocycles. The third-order valence-corrected chi connectivity index (χ3v) is 6.59. The van der Waals surface area contributed by atoms with Crippen LogP contribution in [0, 0.1) is 0 Å². The van der Waals surface area contributed by atoms with Crippen molar-refractivity contribution in [2.75, 3.05) is 34.8 Å². The van der Waals surface area contributed by atoms with Crippen LogP contribution in [-0.4, -0.2) is 68.2 Å². The lowest BCUT2D eigenvalue weighted by Crippen LogP contribution is -2.46. The summed E-state index contributed by atoms with van der Waals surface area (Å²) in [5.74, 6) is 2.74. The lowest BCUT2D eigenvalue weighted by molar-refractivity contribution is 0.0611. The molecule has 33 heavy (non-hydrogen) atoms. The maximum atomic E-state index is 14.0. The molecule has 174 valence electrons. The van der Waals surface area contributed by atoms with Crippen LogP contribution < -0.4 is 15.1 Å². The van der Waals surface area contributed by atoms with E-state index in [1.807, 2.05) is 18.5 Å². The Morgan fingerprint density at radius 2 is 1.94 bits per heavy atom. The zero-order valence-corrected chi connectivity index (χ0v) is 19.1. The number of rotatable bonds is 5. The highest BCUT2D eigenvalue weighted by Gasteiger charge is 2.29. The number of piperidine rings is 1. The number of anilines is 4. The average molecular weight is 453 g/mol. The van der Waals surface area contributed by atoms with Crippen molar-refractivity contribution >= 4 is 34.2 Å². The molecule has 2 aliphatic heterocycles. The Labute approximate surface area is 192 Å². The molecule has 0 amide bonds. The monoisotopic (exact) mass is 452 g/mol. The molecule has 3 aromatic rings. The van der Waals surface area contributed by atoms with Crippen LogP contribution in [0.4, 0.5) is 27.8 Å². The highest BCUT2D eigenvalue weighted by molar-refractivity contribution is 5.96. The summed E-state index contributed by atoms with van der Waals surface area (Å²) in [6.07, 6.45) is 4.59. The molecule has 2 aliphatic rings. The van der Waals surface area contributed by atoms with E-state index >= 15 is 0 Å². The van der Waals surface area contributed by atoms with Gasteiger partial charge in [0.25, 0.3) is 0 Å². The lowest BCUT2D eigenvalue weighted by Gasteiger charge is -2.40. The second-order valence-electron chi connectivity index (χ2n) is 9.22. The molecule has 3 atom stereocenters. The predicted octanol–water partition coefficient (Wildman–Crippen LogP) is 3.19. The Balaban J connectivity index is 1.44. The minimum absolute atomic E-state index is 0.0446. The molecule has 2 fully saturated rings. The fourth-order valence-electron chi connectivity index (χ4n) is 4.42. The highest BCUT2D eigenvalue weighted by Crippen LogP contribution is 2.35. The summed E-state index contributed by atoms with van der Waals surface area (Å²) in [6.45, 7) is 8.05. The van der Waals surface area contributed by atoms with Gasteiger partial charge in [0, 0.05) is 36.9 Å². The smallest absolute Gasteiger partial charge is 0.247 e. The molecule has 5 heterocycles. The highest BCUT2D eigenvalue weighted by atomic mass is 19.1. The number of hydrogen-bond acceptors (Lipinski definition) is 9. The number of aliphatic hydroxyl groups is 1. The normalized spacial score (nSPS) is 23.2. The molecule has 5 rings (SSSR count).